The molecule has 0 saturated heterocycles. The highest BCUT2D eigenvalue weighted by Gasteiger charge is 2.64. The molecule has 0 aromatic carbocycles. The summed E-state index contributed by atoms with van der Waals surface area (Å²) in [5, 5.41) is 0. The molecule has 2 rings (SSSR count). The van der Waals surface area contributed by atoms with Crippen LogP contribution in [0.1, 0.15) is 33.1 Å². The Morgan fingerprint density at radius 2 is 1.84 bits per heavy atom. The molecule has 2 saturated carbocycles. The number of rotatable bonds is 4. The van der Waals surface area contributed by atoms with Crippen LogP contribution in [0.4, 0.5) is 0 Å². The molecule has 2 bridgehead atoms. The molecular formula is C11H18NO5S2-. The fourth-order valence-corrected chi connectivity index (χ4v) is 6.81. The minimum Gasteiger partial charge on any atom is -0.436 e. The van der Waals surface area contributed by atoms with Crippen LogP contribution in [0.2, 0.25) is 0 Å². The molecule has 0 N–H and O–H groups in total. The van der Waals surface area contributed by atoms with Gasteiger partial charge in [0, 0.05) is 23.8 Å². The minimum atomic E-state index is -4.15. The highest BCUT2D eigenvalue weighted by molar-refractivity contribution is 8.11. The first-order chi connectivity index (χ1) is 8.40. The summed E-state index contributed by atoms with van der Waals surface area (Å²) in [5.74, 6) is -0.371. The number of hydrogen-bond donors (Lipinski definition) is 0. The van der Waals surface area contributed by atoms with E-state index in [1.54, 1.807) is 0 Å². The predicted octanol–water partition coefficient (Wildman–Crippen LogP) is 1.04. The number of fused-ring (bicyclic) bond motifs is 2. The van der Waals surface area contributed by atoms with Gasteiger partial charge in [0.05, 0.1) is 20.0 Å². The van der Waals surface area contributed by atoms with Gasteiger partial charge < -0.3 is 4.13 Å². The molecule has 0 aromatic heterocycles. The first kappa shape index (κ1) is 14.9. The van der Waals surface area contributed by atoms with E-state index in [4.69, 9.17) is 0 Å². The Morgan fingerprint density at radius 3 is 2.21 bits per heavy atom. The predicted molar refractivity (Wildman–Crippen MR) is 70.6 cm³/mol. The van der Waals surface area contributed by atoms with Crippen molar-refractivity contribution in [1.29, 1.82) is 0 Å². The van der Waals surface area contributed by atoms with Gasteiger partial charge in [-0.15, -0.1) is 0 Å². The van der Waals surface area contributed by atoms with E-state index in [0.29, 0.717) is 12.8 Å². The quantitative estimate of drug-likeness (QED) is 0.772. The van der Waals surface area contributed by atoms with Crippen molar-refractivity contribution >= 4 is 25.8 Å². The maximum absolute atomic E-state index is 12.2. The average Bonchev–Trinajstić information content (AvgIpc) is 2.46. The second kappa shape index (κ2) is 4.02. The monoisotopic (exact) mass is 308 g/mol. The summed E-state index contributed by atoms with van der Waals surface area (Å²) in [6, 6.07) is 0. The third-order valence-electron chi connectivity index (χ3n) is 4.82. The summed E-state index contributed by atoms with van der Waals surface area (Å²) >= 11 is 0. The highest BCUT2D eigenvalue weighted by atomic mass is 32.3. The summed E-state index contributed by atoms with van der Waals surface area (Å²) in [5.41, 5.74) is -1.38. The first-order valence-electron chi connectivity index (χ1n) is 6.10. The second-order valence-electron chi connectivity index (χ2n) is 6.20. The van der Waals surface area contributed by atoms with E-state index in [-0.39, 0.29) is 11.7 Å². The molecule has 0 aromatic rings. The molecule has 2 fully saturated rings. The lowest BCUT2D eigenvalue weighted by molar-refractivity contribution is -0.128. The van der Waals surface area contributed by atoms with Crippen molar-refractivity contribution in [1.82, 2.24) is 0 Å². The van der Waals surface area contributed by atoms with Crippen LogP contribution >= 0.6 is 0 Å². The molecular weight excluding hydrogens is 290 g/mol. The van der Waals surface area contributed by atoms with Gasteiger partial charge in [0.15, 0.2) is 0 Å². The minimum absolute atomic E-state index is 0.0685. The average molecular weight is 308 g/mol. The fraction of sp³-hybridized carbons (Fsp3) is 0.909. The van der Waals surface area contributed by atoms with Gasteiger partial charge in [0.25, 0.3) is 0 Å². The highest BCUT2D eigenvalue weighted by Crippen LogP contribution is 2.64. The van der Waals surface area contributed by atoms with E-state index in [1.165, 1.54) is 0 Å². The zero-order chi connectivity index (χ0) is 14.7. The summed E-state index contributed by atoms with van der Waals surface area (Å²) in [6.45, 7) is 3.79. The molecule has 2 aliphatic carbocycles. The third kappa shape index (κ3) is 2.34. The first-order valence-corrected chi connectivity index (χ1v) is 9.56. The van der Waals surface area contributed by atoms with Crippen molar-refractivity contribution in [2.45, 2.75) is 33.1 Å². The summed E-state index contributed by atoms with van der Waals surface area (Å²) in [4.78, 5) is 12.2. The second-order valence-corrected chi connectivity index (χ2v) is 9.72. The normalized spacial score (nSPS) is 33.8. The standard InChI is InChI=1S/C11H18NO5S2/c1-10(2)8-4-5-11(10,9(13)6-8)7-19(16,17)12-18(3,14)15/h8H,4-7H2,1-3H3/q-1. The summed E-state index contributed by atoms with van der Waals surface area (Å²) in [7, 11) is -8.13. The number of carbonyl (C=O) groups excluding carboxylic acids is 1. The number of Topliss-reactive ketones (excluding diaryl/α,β-unsaturated/α-hetero) is 1. The van der Waals surface area contributed by atoms with Crippen molar-refractivity contribution in [3.8, 4) is 0 Å². The van der Waals surface area contributed by atoms with Crippen molar-refractivity contribution < 1.29 is 21.6 Å². The SMILES string of the molecule is CC1(C)C2CCC1(CS(=O)(=O)[N-]S(C)(=O)=O)C(=O)C2. The Kier molecular flexibility index (Phi) is 3.16. The van der Waals surface area contributed by atoms with E-state index in [9.17, 15) is 21.6 Å². The van der Waals surface area contributed by atoms with Crippen LogP contribution in [0.25, 0.3) is 4.13 Å². The summed E-state index contributed by atoms with van der Waals surface area (Å²) < 4.78 is 48.8. The van der Waals surface area contributed by atoms with Gasteiger partial charge in [-0.2, -0.15) is 0 Å². The van der Waals surface area contributed by atoms with Gasteiger partial charge in [-0.3, -0.25) is 4.79 Å². The van der Waals surface area contributed by atoms with E-state index in [1.807, 2.05) is 13.8 Å². The van der Waals surface area contributed by atoms with Gasteiger partial charge in [-0.25, -0.2) is 16.8 Å². The van der Waals surface area contributed by atoms with Crippen LogP contribution in [0.3, 0.4) is 0 Å². The zero-order valence-corrected chi connectivity index (χ0v) is 12.8. The number of ketones is 1. The van der Waals surface area contributed by atoms with Crippen LogP contribution < -0.4 is 0 Å². The van der Waals surface area contributed by atoms with Crippen molar-refractivity contribution in [2.75, 3.05) is 12.0 Å². The Bertz CT molecular complexity index is 619. The third-order valence-corrected chi connectivity index (χ3v) is 7.67. The van der Waals surface area contributed by atoms with Crippen LogP contribution in [-0.2, 0) is 24.8 Å². The Hall–Kier alpha value is -0.470. The summed E-state index contributed by atoms with van der Waals surface area (Å²) in [6.07, 6.45) is 2.44. The van der Waals surface area contributed by atoms with Crippen molar-refractivity contribution in [3.05, 3.63) is 4.13 Å². The molecule has 0 heterocycles. The molecule has 0 radical (unpaired) electrons. The lowest BCUT2D eigenvalue weighted by atomic mass is 9.70. The molecule has 0 amide bonds. The number of hydrogen-bond acceptors (Lipinski definition) is 5. The van der Waals surface area contributed by atoms with Gasteiger partial charge in [-0.05, 0) is 24.2 Å². The maximum Gasteiger partial charge on any atom is 0.140 e. The number of nitrogens with zero attached hydrogens (tertiary/aromatic N) is 1. The van der Waals surface area contributed by atoms with Gasteiger partial charge in [0.2, 0.25) is 0 Å². The van der Waals surface area contributed by atoms with Gasteiger partial charge >= 0.3 is 0 Å². The molecule has 110 valence electrons. The smallest absolute Gasteiger partial charge is 0.140 e. The molecule has 19 heavy (non-hydrogen) atoms. The number of carbonyl (C=O) groups is 1. The lowest BCUT2D eigenvalue weighted by Gasteiger charge is -2.38. The molecule has 6 nitrogen and oxygen atoms in total. The zero-order valence-electron chi connectivity index (χ0n) is 11.2. The molecule has 2 unspecified atom stereocenters. The van der Waals surface area contributed by atoms with Crippen LogP contribution in [0.15, 0.2) is 0 Å². The molecule has 2 aliphatic rings. The van der Waals surface area contributed by atoms with Crippen molar-refractivity contribution in [2.24, 2.45) is 16.7 Å². The molecule has 0 aliphatic heterocycles. The van der Waals surface area contributed by atoms with Gasteiger partial charge in [0.1, 0.15) is 5.78 Å². The fourth-order valence-electron chi connectivity index (χ4n) is 3.65. The van der Waals surface area contributed by atoms with Crippen LogP contribution in [0, 0.1) is 16.7 Å². The van der Waals surface area contributed by atoms with E-state index in [0.717, 1.165) is 12.7 Å². The molecule has 8 heteroatoms. The van der Waals surface area contributed by atoms with E-state index >= 15 is 0 Å². The topological polar surface area (TPSA) is 99.4 Å². The molecule has 2 atom stereocenters. The lowest BCUT2D eigenvalue weighted by Crippen LogP contribution is -2.42. The van der Waals surface area contributed by atoms with Gasteiger partial charge in [-0.1, -0.05) is 13.8 Å². The van der Waals surface area contributed by atoms with Crippen molar-refractivity contribution in [3.63, 3.8) is 0 Å². The Morgan fingerprint density at radius 1 is 1.26 bits per heavy atom. The van der Waals surface area contributed by atoms with Crippen LogP contribution in [-0.4, -0.2) is 34.6 Å². The largest absolute Gasteiger partial charge is 0.436 e. The maximum atomic E-state index is 12.2. The Labute approximate surface area is 114 Å². The van der Waals surface area contributed by atoms with E-state index in [2.05, 4.69) is 4.13 Å². The molecule has 0 spiro atoms. The van der Waals surface area contributed by atoms with E-state index < -0.39 is 36.6 Å². The Balaban J connectivity index is 2.35. The number of sulfonamides is 2. The van der Waals surface area contributed by atoms with Crippen LogP contribution in [0.5, 0.6) is 0 Å².